The molecule has 8 nitrogen and oxygen atoms in total. The molecule has 1 unspecified atom stereocenters. The van der Waals surface area contributed by atoms with Gasteiger partial charge in [-0.25, -0.2) is 0 Å². The van der Waals surface area contributed by atoms with Crippen molar-refractivity contribution in [1.29, 1.82) is 0 Å². The van der Waals surface area contributed by atoms with E-state index in [1.807, 2.05) is 12.1 Å². The summed E-state index contributed by atoms with van der Waals surface area (Å²) in [5, 5.41) is 6.89. The number of hydrogen-bond acceptors (Lipinski definition) is 6. The van der Waals surface area contributed by atoms with Gasteiger partial charge in [0.2, 0.25) is 0 Å². The molecule has 0 spiro atoms. The van der Waals surface area contributed by atoms with Crippen LogP contribution in [-0.2, 0) is 14.2 Å². The fourth-order valence-corrected chi connectivity index (χ4v) is 3.37. The van der Waals surface area contributed by atoms with Crippen LogP contribution in [-0.4, -0.2) is 91.3 Å². The van der Waals surface area contributed by atoms with E-state index >= 15 is 0 Å². The van der Waals surface area contributed by atoms with E-state index in [1.54, 1.807) is 21.3 Å². The molecule has 170 valence electrons. The van der Waals surface area contributed by atoms with Crippen molar-refractivity contribution in [3.63, 3.8) is 0 Å². The second-order valence-electron chi connectivity index (χ2n) is 7.13. The smallest absolute Gasteiger partial charge is 0.191 e. The largest absolute Gasteiger partial charge is 0.497 e. The number of rotatable bonds is 13. The quantitative estimate of drug-likeness (QED) is 0.285. The van der Waals surface area contributed by atoms with Crippen LogP contribution < -0.4 is 15.4 Å². The summed E-state index contributed by atoms with van der Waals surface area (Å²) in [6.45, 7) is 7.08. The van der Waals surface area contributed by atoms with E-state index in [4.69, 9.17) is 18.9 Å². The summed E-state index contributed by atoms with van der Waals surface area (Å²) in [7, 11) is 5.18. The van der Waals surface area contributed by atoms with E-state index in [9.17, 15) is 0 Å². The van der Waals surface area contributed by atoms with Gasteiger partial charge in [0.1, 0.15) is 5.75 Å². The van der Waals surface area contributed by atoms with Crippen molar-refractivity contribution in [1.82, 2.24) is 15.5 Å². The minimum Gasteiger partial charge on any atom is -0.497 e. The van der Waals surface area contributed by atoms with E-state index in [1.165, 1.54) is 5.56 Å². The van der Waals surface area contributed by atoms with Crippen molar-refractivity contribution in [2.45, 2.75) is 18.9 Å². The van der Waals surface area contributed by atoms with E-state index in [0.717, 1.165) is 70.6 Å². The number of ether oxygens (including phenoxy) is 4. The molecular weight excluding hydrogens is 384 g/mol. The van der Waals surface area contributed by atoms with Crippen molar-refractivity contribution in [3.8, 4) is 5.75 Å². The molecular formula is C22H38N4O4. The molecule has 8 heteroatoms. The molecule has 1 aromatic rings. The van der Waals surface area contributed by atoms with Crippen molar-refractivity contribution < 1.29 is 18.9 Å². The van der Waals surface area contributed by atoms with Crippen molar-refractivity contribution in [2.75, 3.05) is 80.5 Å². The summed E-state index contributed by atoms with van der Waals surface area (Å²) in [5.74, 6) is 1.69. The topological polar surface area (TPSA) is 76.6 Å². The van der Waals surface area contributed by atoms with Crippen LogP contribution in [0.15, 0.2) is 29.3 Å². The Hall–Kier alpha value is -1.87. The predicted molar refractivity (Wildman–Crippen MR) is 119 cm³/mol. The summed E-state index contributed by atoms with van der Waals surface area (Å²) in [6.07, 6.45) is 2.04. The molecule has 1 aromatic carbocycles. The predicted octanol–water partition coefficient (Wildman–Crippen LogP) is 1.68. The Morgan fingerprint density at radius 3 is 2.50 bits per heavy atom. The maximum atomic E-state index is 5.54. The highest BCUT2D eigenvalue weighted by Crippen LogP contribution is 2.23. The lowest BCUT2D eigenvalue weighted by atomic mass is 10.0. The first kappa shape index (κ1) is 24.4. The van der Waals surface area contributed by atoms with Gasteiger partial charge < -0.3 is 29.6 Å². The van der Waals surface area contributed by atoms with Gasteiger partial charge in [-0.1, -0.05) is 12.1 Å². The lowest BCUT2D eigenvalue weighted by Crippen LogP contribution is -2.46. The van der Waals surface area contributed by atoms with Crippen LogP contribution in [0.25, 0.3) is 0 Å². The first-order valence-electron chi connectivity index (χ1n) is 10.8. The third-order valence-electron chi connectivity index (χ3n) is 5.11. The van der Waals surface area contributed by atoms with Gasteiger partial charge in [0, 0.05) is 46.9 Å². The highest BCUT2D eigenvalue weighted by atomic mass is 16.5. The van der Waals surface area contributed by atoms with Gasteiger partial charge in [-0.2, -0.15) is 0 Å². The number of nitrogens with one attached hydrogen (secondary N) is 2. The van der Waals surface area contributed by atoms with E-state index < -0.39 is 0 Å². The normalized spacial score (nSPS) is 16.3. The molecule has 0 bridgehead atoms. The van der Waals surface area contributed by atoms with Crippen LogP contribution in [0.3, 0.4) is 0 Å². The number of unbranched alkanes of at least 4 members (excludes halogenated alkanes) is 1. The summed E-state index contributed by atoms with van der Waals surface area (Å²) >= 11 is 0. The van der Waals surface area contributed by atoms with Crippen molar-refractivity contribution >= 4 is 5.96 Å². The molecule has 0 saturated carbocycles. The van der Waals surface area contributed by atoms with Gasteiger partial charge in [-0.05, 0) is 30.5 Å². The Morgan fingerprint density at radius 2 is 1.83 bits per heavy atom. The summed E-state index contributed by atoms with van der Waals surface area (Å²) < 4.78 is 21.3. The second-order valence-corrected chi connectivity index (χ2v) is 7.13. The molecule has 1 aliphatic heterocycles. The minimum atomic E-state index is 0.243. The number of nitrogens with zero attached hydrogens (tertiary/aromatic N) is 2. The zero-order valence-electron chi connectivity index (χ0n) is 18.7. The number of methoxy groups -OCH3 is 2. The third kappa shape index (κ3) is 8.87. The Labute approximate surface area is 180 Å². The molecule has 0 aliphatic carbocycles. The van der Waals surface area contributed by atoms with Gasteiger partial charge in [0.15, 0.2) is 5.96 Å². The van der Waals surface area contributed by atoms with Gasteiger partial charge >= 0.3 is 0 Å². The Bertz CT molecular complexity index is 591. The van der Waals surface area contributed by atoms with Crippen LogP contribution >= 0.6 is 0 Å². The lowest BCUT2D eigenvalue weighted by molar-refractivity contribution is 0.0170. The van der Waals surface area contributed by atoms with E-state index in [2.05, 4.69) is 32.7 Å². The van der Waals surface area contributed by atoms with Gasteiger partial charge in [0.25, 0.3) is 0 Å². The van der Waals surface area contributed by atoms with Crippen LogP contribution in [0.1, 0.15) is 24.4 Å². The average Bonchev–Trinajstić information content (AvgIpc) is 2.80. The highest BCUT2D eigenvalue weighted by molar-refractivity contribution is 5.79. The average molecular weight is 423 g/mol. The summed E-state index contributed by atoms with van der Waals surface area (Å²) in [4.78, 5) is 6.83. The maximum absolute atomic E-state index is 5.54. The van der Waals surface area contributed by atoms with Crippen LogP contribution in [0, 0.1) is 0 Å². The van der Waals surface area contributed by atoms with Crippen LogP contribution in [0.2, 0.25) is 0 Å². The first-order valence-corrected chi connectivity index (χ1v) is 10.8. The molecule has 1 fully saturated rings. The Balaban J connectivity index is 1.80. The number of hydrogen-bond donors (Lipinski definition) is 2. The summed E-state index contributed by atoms with van der Waals surface area (Å²) in [6, 6.07) is 8.56. The zero-order chi connectivity index (χ0) is 21.4. The standard InChI is InChI=1S/C22H38N4O4/c1-23-22(24-10-4-5-13-29-17-16-27-2)25-18-21(26-11-14-30-15-12-26)19-6-8-20(28-3)9-7-19/h6-9,21H,4-5,10-18H2,1-3H3,(H2,23,24,25). The first-order chi connectivity index (χ1) is 14.8. The Morgan fingerprint density at radius 1 is 1.07 bits per heavy atom. The molecule has 2 rings (SSSR count). The molecule has 1 heterocycles. The number of morpholine rings is 1. The minimum absolute atomic E-state index is 0.243. The number of benzene rings is 1. The monoisotopic (exact) mass is 422 g/mol. The maximum Gasteiger partial charge on any atom is 0.191 e. The molecule has 2 N–H and O–H groups in total. The molecule has 0 amide bonds. The van der Waals surface area contributed by atoms with Gasteiger partial charge in [-0.3, -0.25) is 9.89 Å². The van der Waals surface area contributed by atoms with Crippen molar-refractivity contribution in [3.05, 3.63) is 29.8 Å². The molecule has 1 atom stereocenters. The lowest BCUT2D eigenvalue weighted by Gasteiger charge is -2.35. The van der Waals surface area contributed by atoms with Gasteiger partial charge in [-0.15, -0.1) is 0 Å². The van der Waals surface area contributed by atoms with Gasteiger partial charge in [0.05, 0.1) is 39.6 Å². The SMILES string of the molecule is CN=C(NCCCCOCCOC)NCC(c1ccc(OC)cc1)N1CCOCC1. The zero-order valence-corrected chi connectivity index (χ0v) is 18.7. The number of guanidine groups is 1. The molecule has 0 aromatic heterocycles. The summed E-state index contributed by atoms with van der Waals surface area (Å²) in [5.41, 5.74) is 1.26. The number of aliphatic imine (C=N–C) groups is 1. The Kier molecular flexibility index (Phi) is 12.2. The van der Waals surface area contributed by atoms with E-state index in [0.29, 0.717) is 13.2 Å². The van der Waals surface area contributed by atoms with Crippen molar-refractivity contribution in [2.24, 2.45) is 4.99 Å². The fraction of sp³-hybridized carbons (Fsp3) is 0.682. The fourth-order valence-electron chi connectivity index (χ4n) is 3.37. The second kappa shape index (κ2) is 15.0. The molecule has 1 aliphatic rings. The third-order valence-corrected chi connectivity index (χ3v) is 5.11. The molecule has 30 heavy (non-hydrogen) atoms. The van der Waals surface area contributed by atoms with Crippen LogP contribution in [0.5, 0.6) is 5.75 Å². The van der Waals surface area contributed by atoms with E-state index in [-0.39, 0.29) is 6.04 Å². The molecule has 0 radical (unpaired) electrons. The molecule has 1 saturated heterocycles. The van der Waals surface area contributed by atoms with Crippen LogP contribution in [0.4, 0.5) is 0 Å². The highest BCUT2D eigenvalue weighted by Gasteiger charge is 2.23.